The molecule has 6 aromatic carbocycles. The van der Waals surface area contributed by atoms with E-state index < -0.39 is 0 Å². The van der Waals surface area contributed by atoms with Gasteiger partial charge in [0.05, 0.1) is 17.2 Å². The molecule has 224 valence electrons. The minimum absolute atomic E-state index is 0.575. The summed E-state index contributed by atoms with van der Waals surface area (Å²) in [7, 11) is 0. The topological polar surface area (TPSA) is 69.6 Å². The molecule has 48 heavy (non-hydrogen) atoms. The van der Waals surface area contributed by atoms with E-state index in [1.165, 1.54) is 16.2 Å². The molecular formula is C42H25N5O. The number of furan rings is 1. The lowest BCUT2D eigenvalue weighted by atomic mass is 10.1. The highest BCUT2D eigenvalue weighted by Gasteiger charge is 2.17. The largest absolute Gasteiger partial charge is 0.454 e. The molecule has 0 spiro atoms. The van der Waals surface area contributed by atoms with Gasteiger partial charge in [0.15, 0.2) is 23.1 Å². The molecule has 0 radical (unpaired) electrons. The summed E-state index contributed by atoms with van der Waals surface area (Å²) in [6.07, 6.45) is 3.53. The van der Waals surface area contributed by atoms with Crippen LogP contribution in [0.25, 0.3) is 94.4 Å². The van der Waals surface area contributed by atoms with E-state index in [2.05, 4.69) is 137 Å². The Balaban J connectivity index is 1.18. The lowest BCUT2D eigenvalue weighted by Gasteiger charge is -2.12. The van der Waals surface area contributed by atoms with Crippen molar-refractivity contribution in [3.05, 3.63) is 152 Å². The van der Waals surface area contributed by atoms with Crippen molar-refractivity contribution in [1.29, 1.82) is 0 Å². The number of aromatic nitrogens is 5. The first kappa shape index (κ1) is 26.5. The van der Waals surface area contributed by atoms with Gasteiger partial charge in [-0.3, -0.25) is 4.98 Å². The number of rotatable bonds is 4. The van der Waals surface area contributed by atoms with Crippen LogP contribution in [0.4, 0.5) is 0 Å². The summed E-state index contributed by atoms with van der Waals surface area (Å²) in [6, 6.07) is 48.3. The van der Waals surface area contributed by atoms with Gasteiger partial charge in [0.1, 0.15) is 5.58 Å². The number of nitrogens with zero attached hydrogens (tertiary/aromatic N) is 5. The molecule has 0 fully saturated rings. The van der Waals surface area contributed by atoms with Crippen LogP contribution in [0.3, 0.4) is 0 Å². The van der Waals surface area contributed by atoms with Gasteiger partial charge in [0.2, 0.25) is 0 Å². The maximum Gasteiger partial charge on any atom is 0.164 e. The third kappa shape index (κ3) is 4.20. The molecule has 0 bridgehead atoms. The fraction of sp³-hybridized carbons (Fsp3) is 0. The summed E-state index contributed by atoms with van der Waals surface area (Å²) in [5.74, 6) is 1.78. The molecule has 0 atom stereocenters. The molecule has 0 aliphatic carbocycles. The second-order valence-corrected chi connectivity index (χ2v) is 12.0. The summed E-state index contributed by atoms with van der Waals surface area (Å²) >= 11 is 0. The molecule has 0 saturated heterocycles. The van der Waals surface area contributed by atoms with Gasteiger partial charge in [-0.2, -0.15) is 0 Å². The third-order valence-electron chi connectivity index (χ3n) is 9.12. The standard InChI is InChI=1S/C42H25N5O/c1-2-9-27-22-29(17-16-26(27)8-1)41-44-40(45-42(46-41)30-18-19-34-35-20-21-43-25-39(35)48-38(34)24-30)28-10-7-11-31(23-28)47-36-14-5-3-12-32(36)33-13-4-6-15-37(33)47/h1-25H. The molecule has 0 saturated carbocycles. The minimum Gasteiger partial charge on any atom is -0.454 e. The molecule has 10 rings (SSSR count). The number of hydrogen-bond acceptors (Lipinski definition) is 5. The van der Waals surface area contributed by atoms with E-state index in [0.29, 0.717) is 17.5 Å². The number of hydrogen-bond donors (Lipinski definition) is 0. The smallest absolute Gasteiger partial charge is 0.164 e. The SMILES string of the molecule is c1cc(-c2nc(-c3ccc4ccccc4c3)nc(-c3ccc4c(c3)oc3cnccc34)n2)cc(-n2c3ccccc3c3ccccc32)c1. The van der Waals surface area contributed by atoms with Crippen molar-refractivity contribution in [3.8, 4) is 39.9 Å². The highest BCUT2D eigenvalue weighted by atomic mass is 16.3. The zero-order valence-corrected chi connectivity index (χ0v) is 25.6. The summed E-state index contributed by atoms with van der Waals surface area (Å²) in [5.41, 5.74) is 7.52. The van der Waals surface area contributed by atoms with Crippen molar-refractivity contribution in [1.82, 2.24) is 24.5 Å². The molecule has 0 unspecified atom stereocenters. The van der Waals surface area contributed by atoms with Gasteiger partial charge in [0.25, 0.3) is 0 Å². The Kier molecular flexibility index (Phi) is 5.77. The predicted octanol–water partition coefficient (Wildman–Crippen LogP) is 10.4. The van der Waals surface area contributed by atoms with Crippen LogP contribution in [0.15, 0.2) is 156 Å². The number of para-hydroxylation sites is 2. The van der Waals surface area contributed by atoms with E-state index in [9.17, 15) is 0 Å². The highest BCUT2D eigenvalue weighted by Crippen LogP contribution is 2.35. The Bertz CT molecular complexity index is 2810. The second-order valence-electron chi connectivity index (χ2n) is 12.0. The molecule has 6 nitrogen and oxygen atoms in total. The maximum atomic E-state index is 6.18. The first-order chi connectivity index (χ1) is 23.8. The zero-order chi connectivity index (χ0) is 31.6. The van der Waals surface area contributed by atoms with E-state index in [1.54, 1.807) is 12.4 Å². The van der Waals surface area contributed by atoms with Crippen LogP contribution in [-0.4, -0.2) is 24.5 Å². The zero-order valence-electron chi connectivity index (χ0n) is 25.6. The Labute approximate surface area is 274 Å². The first-order valence-electron chi connectivity index (χ1n) is 15.9. The fourth-order valence-electron chi connectivity index (χ4n) is 6.85. The van der Waals surface area contributed by atoms with Crippen molar-refractivity contribution in [3.63, 3.8) is 0 Å². The van der Waals surface area contributed by atoms with Gasteiger partial charge < -0.3 is 8.98 Å². The summed E-state index contributed by atoms with van der Waals surface area (Å²) in [5, 5.41) is 6.79. The van der Waals surface area contributed by atoms with Crippen LogP contribution < -0.4 is 0 Å². The molecule has 4 heterocycles. The summed E-state index contributed by atoms with van der Waals surface area (Å²) < 4.78 is 8.49. The lowest BCUT2D eigenvalue weighted by molar-refractivity contribution is 0.667. The van der Waals surface area contributed by atoms with Crippen molar-refractivity contribution < 1.29 is 4.42 Å². The Morgan fingerprint density at radius 3 is 1.83 bits per heavy atom. The van der Waals surface area contributed by atoms with Crippen molar-refractivity contribution in [2.45, 2.75) is 0 Å². The lowest BCUT2D eigenvalue weighted by Crippen LogP contribution is -2.01. The van der Waals surface area contributed by atoms with Gasteiger partial charge in [-0.15, -0.1) is 0 Å². The third-order valence-corrected chi connectivity index (χ3v) is 9.12. The van der Waals surface area contributed by atoms with Gasteiger partial charge in [0, 0.05) is 50.1 Å². The van der Waals surface area contributed by atoms with Crippen LogP contribution in [0.2, 0.25) is 0 Å². The fourth-order valence-corrected chi connectivity index (χ4v) is 6.85. The molecule has 10 aromatic rings. The number of fused-ring (bicyclic) bond motifs is 7. The Morgan fingerprint density at radius 2 is 1.06 bits per heavy atom. The van der Waals surface area contributed by atoms with Crippen molar-refractivity contribution in [2.24, 2.45) is 0 Å². The van der Waals surface area contributed by atoms with Crippen molar-refractivity contribution >= 4 is 54.5 Å². The quantitative estimate of drug-likeness (QED) is 0.197. The molecule has 0 aliphatic heterocycles. The van der Waals surface area contributed by atoms with E-state index in [1.807, 2.05) is 12.1 Å². The minimum atomic E-state index is 0.575. The summed E-state index contributed by atoms with van der Waals surface area (Å²) in [4.78, 5) is 19.4. The summed E-state index contributed by atoms with van der Waals surface area (Å²) in [6.45, 7) is 0. The van der Waals surface area contributed by atoms with Crippen LogP contribution in [-0.2, 0) is 0 Å². The van der Waals surface area contributed by atoms with Gasteiger partial charge in [-0.05, 0) is 59.3 Å². The maximum absolute atomic E-state index is 6.18. The average Bonchev–Trinajstić information content (AvgIpc) is 3.70. The normalized spacial score (nSPS) is 11.8. The molecule has 0 N–H and O–H groups in total. The predicted molar refractivity (Wildman–Crippen MR) is 193 cm³/mol. The van der Waals surface area contributed by atoms with Gasteiger partial charge >= 0.3 is 0 Å². The van der Waals surface area contributed by atoms with E-state index in [-0.39, 0.29) is 0 Å². The van der Waals surface area contributed by atoms with Crippen molar-refractivity contribution in [2.75, 3.05) is 0 Å². The molecule has 4 aromatic heterocycles. The monoisotopic (exact) mass is 615 g/mol. The second kappa shape index (κ2) is 10.4. The van der Waals surface area contributed by atoms with Gasteiger partial charge in [-0.25, -0.2) is 15.0 Å². The average molecular weight is 616 g/mol. The first-order valence-corrected chi connectivity index (χ1v) is 15.9. The van der Waals surface area contributed by atoms with Crippen LogP contribution in [0.1, 0.15) is 0 Å². The Morgan fingerprint density at radius 1 is 0.438 bits per heavy atom. The van der Waals surface area contributed by atoms with E-state index in [4.69, 9.17) is 19.4 Å². The van der Waals surface area contributed by atoms with Crippen LogP contribution in [0, 0.1) is 0 Å². The molecule has 6 heteroatoms. The number of pyridine rings is 1. The molecule has 0 amide bonds. The number of benzene rings is 6. The van der Waals surface area contributed by atoms with E-state index >= 15 is 0 Å². The van der Waals surface area contributed by atoms with Crippen LogP contribution in [0.5, 0.6) is 0 Å². The van der Waals surface area contributed by atoms with Crippen LogP contribution >= 0.6 is 0 Å². The highest BCUT2D eigenvalue weighted by molar-refractivity contribution is 6.09. The molecule has 0 aliphatic rings. The Hall–Kier alpha value is -6.66. The van der Waals surface area contributed by atoms with E-state index in [0.717, 1.165) is 60.7 Å². The molecular weight excluding hydrogens is 590 g/mol. The van der Waals surface area contributed by atoms with Gasteiger partial charge in [-0.1, -0.05) is 91.0 Å².